The third-order valence-electron chi connectivity index (χ3n) is 11.1. The molecule has 0 radical (unpaired) electrons. The maximum Gasteiger partial charge on any atom is 0.247 e. The van der Waals surface area contributed by atoms with Gasteiger partial charge in [0.05, 0.1) is 0 Å². The summed E-state index contributed by atoms with van der Waals surface area (Å²) < 4.78 is 0. The Morgan fingerprint density at radius 2 is 0.833 bits per heavy atom. The van der Waals surface area contributed by atoms with Crippen LogP contribution in [0.1, 0.15) is 75.4 Å². The fourth-order valence-electron chi connectivity index (χ4n) is 9.27. The zero-order valence-electron chi connectivity index (χ0n) is 29.0. The lowest BCUT2D eigenvalue weighted by Crippen LogP contribution is -2.54. The molecule has 48 heavy (non-hydrogen) atoms. The molecule has 6 aromatic carbocycles. The molecule has 2 atom stereocenters. The molecule has 1 nitrogen and oxygen atoms in total. The molecule has 0 aromatic heterocycles. The summed E-state index contributed by atoms with van der Waals surface area (Å²) in [5, 5.41) is 5.21. The molecule has 0 aliphatic heterocycles. The van der Waals surface area contributed by atoms with Crippen molar-refractivity contribution in [3.8, 4) is 22.3 Å². The van der Waals surface area contributed by atoms with Crippen LogP contribution in [0.2, 0.25) is 0 Å². The fourth-order valence-corrected chi connectivity index (χ4v) is 9.27. The van der Waals surface area contributed by atoms with Gasteiger partial charge in [0.1, 0.15) is 0 Å². The van der Waals surface area contributed by atoms with Crippen molar-refractivity contribution in [2.75, 3.05) is 0 Å². The van der Waals surface area contributed by atoms with E-state index >= 15 is 0 Å². The molecule has 0 heterocycles. The number of allylic oxidation sites excluding steroid dienone is 2. The smallest absolute Gasteiger partial charge is 0.247 e. The van der Waals surface area contributed by atoms with Crippen molar-refractivity contribution < 1.29 is 0 Å². The minimum Gasteiger partial charge on any atom is -0.336 e. The Kier molecular flexibility index (Phi) is 7.73. The Labute approximate surface area is 286 Å². The van der Waals surface area contributed by atoms with E-state index < -0.39 is 0 Å². The molecule has 0 N–H and O–H groups in total. The van der Waals surface area contributed by atoms with Gasteiger partial charge in [0.15, 0.2) is 0 Å². The number of hydrogen-bond acceptors (Lipinski definition) is 1. The van der Waals surface area contributed by atoms with Crippen LogP contribution in [0.15, 0.2) is 132 Å². The van der Waals surface area contributed by atoms with Gasteiger partial charge in [0.2, 0.25) is 6.85 Å². The molecule has 2 heteroatoms. The van der Waals surface area contributed by atoms with Crippen molar-refractivity contribution >= 4 is 40.5 Å². The summed E-state index contributed by atoms with van der Waals surface area (Å²) >= 11 is 0. The highest BCUT2D eigenvalue weighted by Crippen LogP contribution is 2.52. The van der Waals surface area contributed by atoms with E-state index in [1.165, 1.54) is 77.2 Å². The van der Waals surface area contributed by atoms with Gasteiger partial charge in [-0.05, 0) is 92.0 Å². The zero-order valence-corrected chi connectivity index (χ0v) is 29.0. The summed E-state index contributed by atoms with van der Waals surface area (Å²) in [6, 6.07) is 45.9. The van der Waals surface area contributed by atoms with Crippen LogP contribution in [-0.4, -0.2) is 23.7 Å². The van der Waals surface area contributed by atoms with Crippen molar-refractivity contribution in [3.63, 3.8) is 0 Å². The van der Waals surface area contributed by atoms with E-state index in [1.54, 1.807) is 0 Å². The number of hydrogen-bond donors (Lipinski definition) is 0. The monoisotopic (exact) mass is 621 g/mol. The molecule has 2 aliphatic carbocycles. The third-order valence-corrected chi connectivity index (χ3v) is 11.1. The quantitative estimate of drug-likeness (QED) is 0.160. The van der Waals surface area contributed by atoms with Gasteiger partial charge in [0.25, 0.3) is 0 Å². The second-order valence-corrected chi connectivity index (χ2v) is 14.5. The number of nitrogens with zero attached hydrogens (tertiary/aromatic N) is 1. The van der Waals surface area contributed by atoms with Crippen LogP contribution in [0.25, 0.3) is 56.0 Å². The Morgan fingerprint density at radius 3 is 1.27 bits per heavy atom. The van der Waals surface area contributed by atoms with Crippen LogP contribution in [-0.2, 0) is 0 Å². The van der Waals surface area contributed by atoms with Gasteiger partial charge < -0.3 is 4.81 Å². The van der Waals surface area contributed by atoms with Crippen LogP contribution in [0.3, 0.4) is 0 Å². The SMILES string of the molecule is CC1=Cc2c(-c3cccc4ccccc34)cccc2C1B(C1C(C)=Cc2c(-c3cccc4ccccc34)cccc21)N(C(C)C)C(C)C. The van der Waals surface area contributed by atoms with Crippen molar-refractivity contribution in [2.45, 2.75) is 65.3 Å². The Hall–Kier alpha value is -4.66. The minimum absolute atomic E-state index is 0.269. The molecule has 0 amide bonds. The van der Waals surface area contributed by atoms with E-state index in [1.807, 2.05) is 0 Å². The van der Waals surface area contributed by atoms with Gasteiger partial charge in [-0.2, -0.15) is 0 Å². The zero-order chi connectivity index (χ0) is 33.1. The second kappa shape index (κ2) is 12.1. The van der Waals surface area contributed by atoms with Crippen LogP contribution >= 0.6 is 0 Å². The van der Waals surface area contributed by atoms with E-state index in [0.29, 0.717) is 12.1 Å². The summed E-state index contributed by atoms with van der Waals surface area (Å²) in [4.78, 5) is 2.81. The first kappa shape index (κ1) is 30.7. The molecule has 236 valence electrons. The lowest BCUT2D eigenvalue weighted by Gasteiger charge is -2.44. The average Bonchev–Trinajstić information content (AvgIpc) is 3.61. The first-order valence-electron chi connectivity index (χ1n) is 17.7. The maximum absolute atomic E-state index is 2.81. The molecule has 6 aromatic rings. The Bertz CT molecular complexity index is 2080. The highest BCUT2D eigenvalue weighted by atomic mass is 15.1. The second-order valence-electron chi connectivity index (χ2n) is 14.5. The predicted molar refractivity (Wildman–Crippen MR) is 209 cm³/mol. The van der Waals surface area contributed by atoms with Gasteiger partial charge in [-0.3, -0.25) is 0 Å². The molecule has 2 unspecified atom stereocenters. The third kappa shape index (κ3) is 4.89. The first-order valence-corrected chi connectivity index (χ1v) is 17.7. The summed E-state index contributed by atoms with van der Waals surface area (Å²) in [5.74, 6) is 0.556. The molecule has 0 bridgehead atoms. The number of fused-ring (bicyclic) bond motifs is 4. The standard InChI is InChI=1S/C46H44BN/c1-29(2)48(30(3)4)47(45-31(5)27-43-39(23-13-25-41(43)45)37-21-11-17-33-15-7-9-19-35(33)37)46-32(6)28-44-40(24-14-26-42(44)46)38-22-12-18-34-16-8-10-20-36(34)38/h7-30,45-46H,1-6H3. The minimum atomic E-state index is 0.269. The van der Waals surface area contributed by atoms with Gasteiger partial charge in [0, 0.05) is 11.6 Å². The molecular formula is C46H44BN. The van der Waals surface area contributed by atoms with Crippen molar-refractivity contribution in [1.82, 2.24) is 4.81 Å². The van der Waals surface area contributed by atoms with Crippen LogP contribution < -0.4 is 0 Å². The van der Waals surface area contributed by atoms with Gasteiger partial charge in [-0.1, -0.05) is 172 Å². The summed E-state index contributed by atoms with van der Waals surface area (Å²) in [6.07, 6.45) is 5.01. The lowest BCUT2D eigenvalue weighted by atomic mass is 9.37. The maximum atomic E-state index is 2.81. The lowest BCUT2D eigenvalue weighted by molar-refractivity contribution is 0.295. The van der Waals surface area contributed by atoms with E-state index in [4.69, 9.17) is 0 Å². The average molecular weight is 622 g/mol. The number of benzene rings is 6. The molecule has 0 spiro atoms. The molecule has 2 aliphatic rings. The molecule has 0 fully saturated rings. The largest absolute Gasteiger partial charge is 0.336 e. The van der Waals surface area contributed by atoms with Crippen LogP contribution in [0.5, 0.6) is 0 Å². The summed E-state index contributed by atoms with van der Waals surface area (Å²) in [5.41, 5.74) is 13.9. The molecule has 0 saturated carbocycles. The van der Waals surface area contributed by atoms with Crippen LogP contribution in [0.4, 0.5) is 0 Å². The highest BCUT2D eigenvalue weighted by molar-refractivity contribution is 6.62. The summed E-state index contributed by atoms with van der Waals surface area (Å²) in [7, 11) is 0. The summed E-state index contributed by atoms with van der Waals surface area (Å²) in [6.45, 7) is 14.6. The van der Waals surface area contributed by atoms with Crippen molar-refractivity contribution in [3.05, 3.63) is 155 Å². The number of rotatable bonds is 7. The van der Waals surface area contributed by atoms with E-state index in [0.717, 1.165) is 0 Å². The van der Waals surface area contributed by atoms with Gasteiger partial charge in [-0.15, -0.1) is 0 Å². The van der Waals surface area contributed by atoms with Gasteiger partial charge in [-0.25, -0.2) is 0 Å². The Balaban J connectivity index is 1.31. The van der Waals surface area contributed by atoms with Crippen molar-refractivity contribution in [2.24, 2.45) is 0 Å². The topological polar surface area (TPSA) is 3.24 Å². The normalized spacial score (nSPS) is 16.9. The highest BCUT2D eigenvalue weighted by Gasteiger charge is 2.47. The molecular weight excluding hydrogens is 577 g/mol. The first-order chi connectivity index (χ1) is 23.3. The van der Waals surface area contributed by atoms with E-state index in [9.17, 15) is 0 Å². The molecule has 0 saturated heterocycles. The van der Waals surface area contributed by atoms with E-state index in [-0.39, 0.29) is 18.5 Å². The van der Waals surface area contributed by atoms with Crippen molar-refractivity contribution in [1.29, 1.82) is 0 Å². The molecule has 8 rings (SSSR count). The fraction of sp³-hybridized carbons (Fsp3) is 0.217. The Morgan fingerprint density at radius 1 is 0.458 bits per heavy atom. The van der Waals surface area contributed by atoms with Gasteiger partial charge >= 0.3 is 0 Å². The van der Waals surface area contributed by atoms with E-state index in [2.05, 4.69) is 180 Å². The van der Waals surface area contributed by atoms with Crippen LogP contribution in [0, 0.1) is 0 Å². The predicted octanol–water partition coefficient (Wildman–Crippen LogP) is 12.2.